The Morgan fingerprint density at radius 1 is 0.875 bits per heavy atom. The van der Waals surface area contributed by atoms with Gasteiger partial charge in [0.25, 0.3) is 0 Å². The summed E-state index contributed by atoms with van der Waals surface area (Å²) >= 11 is 0.330. The second-order valence-electron chi connectivity index (χ2n) is 3.50. The number of benzene rings is 2. The Hall–Kier alpha value is -1.37. The predicted octanol–water partition coefficient (Wildman–Crippen LogP) is 1.54. The van der Waals surface area contributed by atoms with Crippen LogP contribution in [0.1, 0.15) is 17.3 Å². The molecule has 0 atom stereocenters. The van der Waals surface area contributed by atoms with Crippen LogP contribution < -0.4 is 8.92 Å². The van der Waals surface area contributed by atoms with Crippen LogP contribution in [0.4, 0.5) is 0 Å². The van der Waals surface area contributed by atoms with Crippen LogP contribution in [0.2, 0.25) is 0 Å². The Kier molecular flexibility index (Phi) is 3.55. The van der Waals surface area contributed by atoms with Crippen molar-refractivity contribution >= 4 is 29.7 Å². The van der Waals surface area contributed by atoms with Gasteiger partial charge in [-0.1, -0.05) is 0 Å². The average molecular weight is 275 g/mol. The number of carbonyl (C=O) groups is 1. The molecule has 0 heterocycles. The summed E-state index contributed by atoms with van der Waals surface area (Å²) in [6.45, 7) is 1.59. The Bertz CT molecular complexity index is 474. The molecule has 0 unspecified atom stereocenters. The average Bonchev–Trinajstić information content (AvgIpc) is 2.31. The van der Waals surface area contributed by atoms with E-state index >= 15 is 0 Å². The summed E-state index contributed by atoms with van der Waals surface area (Å²) in [5.74, 6) is 0.124. The first-order valence-electron chi connectivity index (χ1n) is 5.09. The van der Waals surface area contributed by atoms with Gasteiger partial charge in [-0.25, -0.2) is 0 Å². The monoisotopic (exact) mass is 276 g/mol. The van der Waals surface area contributed by atoms with Crippen LogP contribution in [-0.4, -0.2) is 20.7 Å². The zero-order valence-corrected chi connectivity index (χ0v) is 10.7. The first kappa shape index (κ1) is 11.1. The quantitative estimate of drug-likeness (QED) is 0.613. The second-order valence-corrected chi connectivity index (χ2v) is 5.90. The van der Waals surface area contributed by atoms with Gasteiger partial charge in [-0.2, -0.15) is 0 Å². The molecule has 0 spiro atoms. The van der Waals surface area contributed by atoms with Gasteiger partial charge < -0.3 is 0 Å². The molecule has 2 aromatic rings. The molecule has 2 rings (SSSR count). The number of Topliss-reactive ketones (excluding diaryl/α,β-unsaturated/α-hetero) is 1. The Labute approximate surface area is 102 Å². The summed E-state index contributed by atoms with van der Waals surface area (Å²) in [6.07, 6.45) is 0. The molecule has 0 bridgehead atoms. The fraction of sp³-hybridized carbons (Fsp3) is 0.0714. The van der Waals surface area contributed by atoms with E-state index in [2.05, 4.69) is 24.3 Å². The number of rotatable bonds is 3. The van der Waals surface area contributed by atoms with E-state index in [1.807, 2.05) is 30.3 Å². The molecular formula is C14H12OSe. The molecule has 80 valence electrons. The number of carbonyl (C=O) groups excluding carboxylic acids is 1. The molecule has 0 amide bonds. The van der Waals surface area contributed by atoms with Crippen molar-refractivity contribution in [3.63, 3.8) is 0 Å². The SMILES string of the molecule is CC(=O)c1ccc([Se]c2ccccc2)cc1. The van der Waals surface area contributed by atoms with E-state index in [0.717, 1.165) is 5.56 Å². The summed E-state index contributed by atoms with van der Waals surface area (Å²) in [6, 6.07) is 18.3. The maximum absolute atomic E-state index is 11.1. The molecule has 16 heavy (non-hydrogen) atoms. The summed E-state index contributed by atoms with van der Waals surface area (Å²) in [7, 11) is 0. The third-order valence-electron chi connectivity index (χ3n) is 2.24. The van der Waals surface area contributed by atoms with E-state index < -0.39 is 0 Å². The topological polar surface area (TPSA) is 17.1 Å². The zero-order valence-electron chi connectivity index (χ0n) is 9.01. The summed E-state index contributed by atoms with van der Waals surface area (Å²) < 4.78 is 2.65. The van der Waals surface area contributed by atoms with Crippen LogP contribution in [0.25, 0.3) is 0 Å². The van der Waals surface area contributed by atoms with Crippen molar-refractivity contribution < 1.29 is 4.79 Å². The summed E-state index contributed by atoms with van der Waals surface area (Å²) in [5, 5.41) is 0. The van der Waals surface area contributed by atoms with Crippen LogP contribution >= 0.6 is 0 Å². The van der Waals surface area contributed by atoms with Crippen LogP contribution in [0, 0.1) is 0 Å². The number of hydrogen-bond acceptors (Lipinski definition) is 1. The molecule has 2 aromatic carbocycles. The fourth-order valence-electron chi connectivity index (χ4n) is 1.38. The fourth-order valence-corrected chi connectivity index (χ4v) is 3.14. The van der Waals surface area contributed by atoms with Gasteiger partial charge in [0, 0.05) is 0 Å². The maximum atomic E-state index is 11.1. The molecule has 1 nitrogen and oxygen atoms in total. The van der Waals surface area contributed by atoms with Crippen LogP contribution in [0.5, 0.6) is 0 Å². The van der Waals surface area contributed by atoms with Crippen molar-refractivity contribution in [2.45, 2.75) is 6.92 Å². The van der Waals surface area contributed by atoms with Gasteiger partial charge in [-0.05, 0) is 0 Å². The van der Waals surface area contributed by atoms with Crippen molar-refractivity contribution in [2.24, 2.45) is 0 Å². The van der Waals surface area contributed by atoms with Crippen molar-refractivity contribution in [2.75, 3.05) is 0 Å². The van der Waals surface area contributed by atoms with E-state index in [1.165, 1.54) is 8.92 Å². The Morgan fingerprint density at radius 2 is 1.44 bits per heavy atom. The van der Waals surface area contributed by atoms with Gasteiger partial charge in [-0.15, -0.1) is 0 Å². The van der Waals surface area contributed by atoms with E-state index in [4.69, 9.17) is 0 Å². The van der Waals surface area contributed by atoms with Crippen LogP contribution in [-0.2, 0) is 0 Å². The van der Waals surface area contributed by atoms with Crippen molar-refractivity contribution in [3.05, 3.63) is 60.2 Å². The summed E-state index contributed by atoms with van der Waals surface area (Å²) in [4.78, 5) is 11.1. The Morgan fingerprint density at radius 3 is 2.00 bits per heavy atom. The molecule has 0 N–H and O–H groups in total. The minimum absolute atomic E-state index is 0.124. The zero-order chi connectivity index (χ0) is 11.4. The first-order valence-corrected chi connectivity index (χ1v) is 6.81. The molecule has 2 heteroatoms. The molecule has 0 radical (unpaired) electrons. The van der Waals surface area contributed by atoms with E-state index in [-0.39, 0.29) is 5.78 Å². The standard InChI is InChI=1S/C14H12OSe/c1-11(15)12-7-9-14(10-8-12)16-13-5-3-2-4-6-13/h2-10H,1H3. The van der Waals surface area contributed by atoms with Crippen LogP contribution in [0.3, 0.4) is 0 Å². The van der Waals surface area contributed by atoms with E-state index in [0.29, 0.717) is 15.0 Å². The van der Waals surface area contributed by atoms with Crippen molar-refractivity contribution in [3.8, 4) is 0 Å². The molecular weight excluding hydrogens is 263 g/mol. The first-order chi connectivity index (χ1) is 7.75. The second kappa shape index (κ2) is 5.11. The summed E-state index contributed by atoms with van der Waals surface area (Å²) in [5.41, 5.74) is 0.785. The van der Waals surface area contributed by atoms with Gasteiger partial charge in [0.05, 0.1) is 0 Å². The predicted molar refractivity (Wildman–Crippen MR) is 67.9 cm³/mol. The molecule has 0 aliphatic heterocycles. The van der Waals surface area contributed by atoms with E-state index in [9.17, 15) is 4.79 Å². The third kappa shape index (κ3) is 2.82. The van der Waals surface area contributed by atoms with Gasteiger partial charge in [0.1, 0.15) is 0 Å². The molecule has 0 fully saturated rings. The normalized spacial score (nSPS) is 10.1. The van der Waals surface area contributed by atoms with Crippen LogP contribution in [0.15, 0.2) is 54.6 Å². The number of hydrogen-bond donors (Lipinski definition) is 0. The van der Waals surface area contributed by atoms with Crippen molar-refractivity contribution in [1.82, 2.24) is 0 Å². The van der Waals surface area contributed by atoms with Gasteiger partial charge >= 0.3 is 102 Å². The molecule has 0 aromatic heterocycles. The van der Waals surface area contributed by atoms with Gasteiger partial charge in [-0.3, -0.25) is 0 Å². The molecule has 0 aliphatic carbocycles. The Balaban J connectivity index is 2.14. The molecule has 0 aliphatic rings. The number of ketones is 1. The van der Waals surface area contributed by atoms with Gasteiger partial charge in [0.15, 0.2) is 0 Å². The minimum atomic E-state index is 0.124. The van der Waals surface area contributed by atoms with E-state index in [1.54, 1.807) is 6.92 Å². The van der Waals surface area contributed by atoms with Gasteiger partial charge in [0.2, 0.25) is 0 Å². The molecule has 0 saturated heterocycles. The van der Waals surface area contributed by atoms with Crippen molar-refractivity contribution in [1.29, 1.82) is 0 Å². The molecule has 0 saturated carbocycles. The third-order valence-corrected chi connectivity index (χ3v) is 4.37.